The van der Waals surface area contributed by atoms with Crippen molar-refractivity contribution in [3.8, 4) is 17.1 Å². The molecule has 6 nitrogen and oxygen atoms in total. The number of benzene rings is 1. The van der Waals surface area contributed by atoms with Gasteiger partial charge in [0.2, 0.25) is 11.8 Å². The van der Waals surface area contributed by atoms with Gasteiger partial charge >= 0.3 is 0 Å². The molecule has 28 heavy (non-hydrogen) atoms. The van der Waals surface area contributed by atoms with Crippen LogP contribution in [0.1, 0.15) is 24.8 Å². The van der Waals surface area contributed by atoms with E-state index < -0.39 is 0 Å². The normalized spacial score (nSPS) is 14.7. The molecule has 1 aliphatic rings. The van der Waals surface area contributed by atoms with E-state index in [4.69, 9.17) is 4.74 Å². The molecule has 144 valence electrons. The number of piperidine rings is 1. The zero-order valence-corrected chi connectivity index (χ0v) is 16.3. The summed E-state index contributed by atoms with van der Waals surface area (Å²) in [7, 11) is 3.57. The van der Waals surface area contributed by atoms with Crippen LogP contribution in [0.5, 0.6) is 5.88 Å². The standard InChI is InChI=1S/C22H24N4O2/c1-25-20(16-9-5-3-6-10-16)17(19-21(25)23-15-24-22(19)28-2)11-12-18(27)26-13-7-4-8-14-26/h3,5-6,9-12,15H,4,7-8,13-14H2,1-2H3/b12-11+. The van der Waals surface area contributed by atoms with Crippen LogP contribution in [0.2, 0.25) is 0 Å². The lowest BCUT2D eigenvalue weighted by Gasteiger charge is -2.25. The first-order valence-corrected chi connectivity index (χ1v) is 9.60. The zero-order valence-electron chi connectivity index (χ0n) is 16.3. The van der Waals surface area contributed by atoms with Crippen LogP contribution in [0.3, 0.4) is 0 Å². The molecule has 2 aromatic heterocycles. The quantitative estimate of drug-likeness (QED) is 0.652. The van der Waals surface area contributed by atoms with Crippen molar-refractivity contribution in [3.05, 3.63) is 48.3 Å². The predicted octanol–water partition coefficient (Wildman–Crippen LogP) is 3.67. The minimum atomic E-state index is 0.0477. The molecule has 0 atom stereocenters. The molecule has 0 unspecified atom stereocenters. The van der Waals surface area contributed by atoms with Crippen molar-refractivity contribution in [3.63, 3.8) is 0 Å². The van der Waals surface area contributed by atoms with E-state index in [-0.39, 0.29) is 5.91 Å². The van der Waals surface area contributed by atoms with Crippen molar-refractivity contribution >= 4 is 23.0 Å². The molecule has 6 heteroatoms. The molecule has 4 rings (SSSR count). The summed E-state index contributed by atoms with van der Waals surface area (Å²) >= 11 is 0. The van der Waals surface area contributed by atoms with Gasteiger partial charge in [-0.3, -0.25) is 4.79 Å². The highest BCUT2D eigenvalue weighted by atomic mass is 16.5. The predicted molar refractivity (Wildman–Crippen MR) is 110 cm³/mol. The summed E-state index contributed by atoms with van der Waals surface area (Å²) in [6.07, 6.45) is 8.40. The smallest absolute Gasteiger partial charge is 0.246 e. The second kappa shape index (κ2) is 7.84. The molecule has 1 aliphatic heterocycles. The van der Waals surface area contributed by atoms with Gasteiger partial charge in [0.15, 0.2) is 0 Å². The Morgan fingerprint density at radius 2 is 1.86 bits per heavy atom. The second-order valence-electron chi connectivity index (χ2n) is 6.99. The van der Waals surface area contributed by atoms with Crippen molar-refractivity contribution in [1.29, 1.82) is 0 Å². The van der Waals surface area contributed by atoms with E-state index in [1.807, 2.05) is 40.8 Å². The first kappa shape index (κ1) is 18.2. The van der Waals surface area contributed by atoms with E-state index in [2.05, 4.69) is 22.1 Å². The van der Waals surface area contributed by atoms with Crippen LogP contribution in [0, 0.1) is 0 Å². The van der Waals surface area contributed by atoms with E-state index >= 15 is 0 Å². The van der Waals surface area contributed by atoms with Gasteiger partial charge in [0.05, 0.1) is 18.2 Å². The van der Waals surface area contributed by atoms with Crippen molar-refractivity contribution < 1.29 is 9.53 Å². The lowest BCUT2D eigenvalue weighted by molar-refractivity contribution is -0.126. The number of likely N-dealkylation sites (tertiary alicyclic amines) is 1. The molecule has 0 radical (unpaired) electrons. The van der Waals surface area contributed by atoms with Crippen molar-refractivity contribution in [2.24, 2.45) is 7.05 Å². The van der Waals surface area contributed by atoms with Crippen molar-refractivity contribution in [1.82, 2.24) is 19.4 Å². The minimum absolute atomic E-state index is 0.0477. The van der Waals surface area contributed by atoms with Crippen LogP contribution in [-0.2, 0) is 11.8 Å². The Labute approximate surface area is 164 Å². The number of hydrogen-bond acceptors (Lipinski definition) is 4. The van der Waals surface area contributed by atoms with Crippen molar-refractivity contribution in [2.75, 3.05) is 20.2 Å². The largest absolute Gasteiger partial charge is 0.480 e. The number of methoxy groups -OCH3 is 1. The average Bonchev–Trinajstić information content (AvgIpc) is 3.05. The van der Waals surface area contributed by atoms with Crippen LogP contribution in [0.4, 0.5) is 0 Å². The monoisotopic (exact) mass is 376 g/mol. The average molecular weight is 376 g/mol. The Kier molecular flexibility index (Phi) is 5.10. The summed E-state index contributed by atoms with van der Waals surface area (Å²) in [5.74, 6) is 0.555. The van der Waals surface area contributed by atoms with E-state index in [9.17, 15) is 4.79 Å². The van der Waals surface area contributed by atoms with E-state index in [1.54, 1.807) is 13.2 Å². The molecule has 1 amide bonds. The third-order valence-corrected chi connectivity index (χ3v) is 5.27. The summed E-state index contributed by atoms with van der Waals surface area (Å²) in [4.78, 5) is 23.3. The fourth-order valence-corrected chi connectivity index (χ4v) is 3.89. The van der Waals surface area contributed by atoms with Gasteiger partial charge in [0.1, 0.15) is 12.0 Å². The van der Waals surface area contributed by atoms with Crippen LogP contribution in [0.15, 0.2) is 42.7 Å². The number of rotatable bonds is 4. The van der Waals surface area contributed by atoms with Gasteiger partial charge in [0.25, 0.3) is 0 Å². The third-order valence-electron chi connectivity index (χ3n) is 5.27. The number of aromatic nitrogens is 3. The van der Waals surface area contributed by atoms with Gasteiger partial charge < -0.3 is 14.2 Å². The van der Waals surface area contributed by atoms with Gasteiger partial charge in [-0.15, -0.1) is 0 Å². The molecule has 1 fully saturated rings. The molecule has 0 spiro atoms. The number of carbonyl (C=O) groups is 1. The molecular weight excluding hydrogens is 352 g/mol. The maximum absolute atomic E-state index is 12.7. The summed E-state index contributed by atoms with van der Waals surface area (Å²) in [5.41, 5.74) is 3.70. The maximum Gasteiger partial charge on any atom is 0.246 e. The molecule has 0 saturated carbocycles. The summed E-state index contributed by atoms with van der Waals surface area (Å²) < 4.78 is 7.53. The molecule has 3 aromatic rings. The highest BCUT2D eigenvalue weighted by Crippen LogP contribution is 2.36. The Balaban J connectivity index is 1.85. The molecule has 3 heterocycles. The summed E-state index contributed by atoms with van der Waals surface area (Å²) in [6, 6.07) is 10.1. The summed E-state index contributed by atoms with van der Waals surface area (Å²) in [5, 5.41) is 0.814. The van der Waals surface area contributed by atoms with Gasteiger partial charge in [-0.2, -0.15) is 0 Å². The minimum Gasteiger partial charge on any atom is -0.480 e. The number of carbonyl (C=O) groups excluding carboxylic acids is 1. The van der Waals surface area contributed by atoms with Gasteiger partial charge in [-0.25, -0.2) is 9.97 Å². The first-order chi connectivity index (χ1) is 13.7. The van der Waals surface area contributed by atoms with Gasteiger partial charge in [-0.1, -0.05) is 30.3 Å². The Hall–Kier alpha value is -3.15. The summed E-state index contributed by atoms with van der Waals surface area (Å²) in [6.45, 7) is 1.66. The van der Waals surface area contributed by atoms with Crippen LogP contribution < -0.4 is 4.74 Å². The Morgan fingerprint density at radius 3 is 2.57 bits per heavy atom. The Morgan fingerprint density at radius 1 is 1.11 bits per heavy atom. The SMILES string of the molecule is COc1ncnc2c1c(/C=C/C(=O)N1CCCCC1)c(-c1ccccc1)n2C. The highest BCUT2D eigenvalue weighted by molar-refractivity contribution is 6.02. The third kappa shape index (κ3) is 3.26. The maximum atomic E-state index is 12.7. The fraction of sp³-hybridized carbons (Fsp3) is 0.318. The molecule has 0 aliphatic carbocycles. The van der Waals surface area contributed by atoms with Crippen LogP contribution in [-0.4, -0.2) is 45.5 Å². The Bertz CT molecular complexity index is 1020. The van der Waals surface area contributed by atoms with E-state index in [0.29, 0.717) is 5.88 Å². The van der Waals surface area contributed by atoms with Gasteiger partial charge in [0, 0.05) is 31.8 Å². The molecule has 1 aromatic carbocycles. The second-order valence-corrected chi connectivity index (χ2v) is 6.99. The van der Waals surface area contributed by atoms with Crippen LogP contribution >= 0.6 is 0 Å². The van der Waals surface area contributed by atoms with Crippen molar-refractivity contribution in [2.45, 2.75) is 19.3 Å². The number of nitrogens with zero attached hydrogens (tertiary/aromatic N) is 4. The van der Waals surface area contributed by atoms with E-state index in [1.165, 1.54) is 12.7 Å². The number of aryl methyl sites for hydroxylation is 1. The van der Waals surface area contributed by atoms with E-state index in [0.717, 1.165) is 53.8 Å². The lowest BCUT2D eigenvalue weighted by Crippen LogP contribution is -2.34. The highest BCUT2D eigenvalue weighted by Gasteiger charge is 2.21. The molecule has 0 bridgehead atoms. The number of amides is 1. The topological polar surface area (TPSA) is 60.3 Å². The first-order valence-electron chi connectivity index (χ1n) is 9.60. The van der Waals surface area contributed by atoms with Gasteiger partial charge in [-0.05, 0) is 30.9 Å². The lowest BCUT2D eigenvalue weighted by atomic mass is 10.1. The zero-order chi connectivity index (χ0) is 19.5. The molecule has 0 N–H and O–H groups in total. The number of fused-ring (bicyclic) bond motifs is 1. The number of hydrogen-bond donors (Lipinski definition) is 0. The fourth-order valence-electron chi connectivity index (χ4n) is 3.89. The molecular formula is C22H24N4O2. The van der Waals surface area contributed by atoms with Crippen LogP contribution in [0.25, 0.3) is 28.4 Å². The number of ether oxygens (including phenoxy) is 1. The molecule has 1 saturated heterocycles.